The van der Waals surface area contributed by atoms with Gasteiger partial charge in [0.1, 0.15) is 11.1 Å². The molecule has 17 heavy (non-hydrogen) atoms. The smallest absolute Gasteiger partial charge is 0.428 e. The summed E-state index contributed by atoms with van der Waals surface area (Å²) in [6.07, 6.45) is -0.572. The van der Waals surface area contributed by atoms with Gasteiger partial charge in [0.05, 0.1) is 0 Å². The van der Waals surface area contributed by atoms with Crippen LogP contribution in [0.25, 0.3) is 0 Å². The molecule has 0 saturated heterocycles. The molecule has 0 aliphatic heterocycles. The molecule has 5 heteroatoms. The number of hydrogen-bond donors (Lipinski definition) is 1. The highest BCUT2D eigenvalue weighted by atomic mass is 16.7. The van der Waals surface area contributed by atoms with Crippen LogP contribution >= 0.6 is 0 Å². The molecule has 0 aliphatic rings. The second kappa shape index (κ2) is 5.49. The summed E-state index contributed by atoms with van der Waals surface area (Å²) >= 11 is 0. The highest BCUT2D eigenvalue weighted by molar-refractivity contribution is 5.88. The van der Waals surface area contributed by atoms with Crippen molar-refractivity contribution in [1.29, 1.82) is 0 Å². The molecule has 0 aromatic carbocycles. The molecule has 0 aromatic rings. The summed E-state index contributed by atoms with van der Waals surface area (Å²) in [5, 5.41) is 0. The van der Waals surface area contributed by atoms with Crippen molar-refractivity contribution >= 4 is 12.1 Å². The minimum atomic E-state index is -1.18. The van der Waals surface area contributed by atoms with Gasteiger partial charge in [-0.05, 0) is 40.0 Å². The van der Waals surface area contributed by atoms with Crippen molar-refractivity contribution in [2.75, 3.05) is 0 Å². The number of carbonyl (C=O) groups is 2. The molecule has 0 saturated carbocycles. The standard InChI is InChI=1S/C12H23NO4/c1-8(2)7-12(6,13)9(14)16-10(15)17-11(3,4)5/h8H,7,13H2,1-6H3/t12-/m0/s1. The van der Waals surface area contributed by atoms with Gasteiger partial charge < -0.3 is 15.2 Å². The Balaban J connectivity index is 4.39. The maximum Gasteiger partial charge on any atom is 0.516 e. The van der Waals surface area contributed by atoms with E-state index < -0.39 is 23.3 Å². The Morgan fingerprint density at radius 2 is 1.65 bits per heavy atom. The molecule has 0 amide bonds. The average Bonchev–Trinajstić information content (AvgIpc) is 1.96. The molecular formula is C12H23NO4. The molecule has 0 aliphatic carbocycles. The van der Waals surface area contributed by atoms with Gasteiger partial charge in [-0.1, -0.05) is 13.8 Å². The van der Waals surface area contributed by atoms with Crippen LogP contribution in [0.5, 0.6) is 0 Å². The summed E-state index contributed by atoms with van der Waals surface area (Å²) in [6, 6.07) is 0. The molecule has 0 heterocycles. The summed E-state index contributed by atoms with van der Waals surface area (Å²) in [6.45, 7) is 10.5. The van der Waals surface area contributed by atoms with Gasteiger partial charge >= 0.3 is 12.1 Å². The third-order valence-corrected chi connectivity index (χ3v) is 1.86. The summed E-state index contributed by atoms with van der Waals surface area (Å²) in [4.78, 5) is 22.9. The molecule has 5 nitrogen and oxygen atoms in total. The molecule has 0 spiro atoms. The Hall–Kier alpha value is -1.10. The topological polar surface area (TPSA) is 78.6 Å². The zero-order chi connectivity index (χ0) is 13.9. The van der Waals surface area contributed by atoms with Crippen molar-refractivity contribution in [3.8, 4) is 0 Å². The minimum absolute atomic E-state index is 0.233. The highest BCUT2D eigenvalue weighted by Gasteiger charge is 2.34. The van der Waals surface area contributed by atoms with E-state index >= 15 is 0 Å². The number of carbonyl (C=O) groups excluding carboxylic acids is 2. The van der Waals surface area contributed by atoms with Gasteiger partial charge in [0.15, 0.2) is 0 Å². The Bertz CT molecular complexity index is 289. The van der Waals surface area contributed by atoms with Crippen molar-refractivity contribution in [3.63, 3.8) is 0 Å². The molecule has 2 N–H and O–H groups in total. The monoisotopic (exact) mass is 245 g/mol. The Morgan fingerprint density at radius 3 is 2.00 bits per heavy atom. The first-order valence-corrected chi connectivity index (χ1v) is 5.68. The second-order valence-electron chi connectivity index (χ2n) is 5.87. The minimum Gasteiger partial charge on any atom is -0.428 e. The first-order chi connectivity index (χ1) is 7.44. The van der Waals surface area contributed by atoms with Gasteiger partial charge in [-0.3, -0.25) is 0 Å². The molecule has 0 fully saturated rings. The van der Waals surface area contributed by atoms with Crippen LogP contribution in [0, 0.1) is 5.92 Å². The van der Waals surface area contributed by atoms with Crippen LogP contribution in [0.3, 0.4) is 0 Å². The fourth-order valence-corrected chi connectivity index (χ4v) is 1.39. The predicted octanol–water partition coefficient (Wildman–Crippen LogP) is 2.23. The lowest BCUT2D eigenvalue weighted by Gasteiger charge is -2.24. The normalized spacial score (nSPS) is 15.3. The van der Waals surface area contributed by atoms with E-state index in [2.05, 4.69) is 4.74 Å². The van der Waals surface area contributed by atoms with Crippen molar-refractivity contribution in [2.24, 2.45) is 11.7 Å². The van der Waals surface area contributed by atoms with Gasteiger partial charge in [-0.25, -0.2) is 9.59 Å². The largest absolute Gasteiger partial charge is 0.516 e. The van der Waals surface area contributed by atoms with Gasteiger partial charge in [0.25, 0.3) is 0 Å². The SMILES string of the molecule is CC(C)C[C@](C)(N)C(=O)OC(=O)OC(C)(C)C. The summed E-state index contributed by atoms with van der Waals surface area (Å²) in [7, 11) is 0. The van der Waals surface area contributed by atoms with Gasteiger partial charge in [-0.2, -0.15) is 0 Å². The van der Waals surface area contributed by atoms with Crippen molar-refractivity contribution in [1.82, 2.24) is 0 Å². The third-order valence-electron chi connectivity index (χ3n) is 1.86. The molecule has 0 aromatic heterocycles. The number of nitrogens with two attached hydrogens (primary N) is 1. The molecular weight excluding hydrogens is 222 g/mol. The quantitative estimate of drug-likeness (QED) is 0.609. The van der Waals surface area contributed by atoms with Gasteiger partial charge in [0, 0.05) is 0 Å². The van der Waals surface area contributed by atoms with Crippen LogP contribution < -0.4 is 5.73 Å². The van der Waals surface area contributed by atoms with Crippen LogP contribution in [-0.2, 0) is 14.3 Å². The molecule has 0 rings (SSSR count). The molecule has 100 valence electrons. The molecule has 1 atom stereocenters. The van der Waals surface area contributed by atoms with E-state index in [0.717, 1.165) is 0 Å². The second-order valence-corrected chi connectivity index (χ2v) is 5.87. The first-order valence-electron chi connectivity index (χ1n) is 5.68. The van der Waals surface area contributed by atoms with E-state index in [-0.39, 0.29) is 5.92 Å². The summed E-state index contributed by atoms with van der Waals surface area (Å²) < 4.78 is 9.44. The zero-order valence-electron chi connectivity index (χ0n) is 11.5. The lowest BCUT2D eigenvalue weighted by Crippen LogP contribution is -2.48. The van der Waals surface area contributed by atoms with Crippen molar-refractivity contribution in [2.45, 2.75) is 59.1 Å². The van der Waals surface area contributed by atoms with Crippen LogP contribution in [0.1, 0.15) is 48.0 Å². The number of esters is 1. The third kappa shape index (κ3) is 6.94. The van der Waals surface area contributed by atoms with E-state index in [1.807, 2.05) is 13.8 Å². The van der Waals surface area contributed by atoms with E-state index in [9.17, 15) is 9.59 Å². The van der Waals surface area contributed by atoms with E-state index in [4.69, 9.17) is 10.5 Å². The molecule has 0 radical (unpaired) electrons. The molecule has 0 unspecified atom stereocenters. The lowest BCUT2D eigenvalue weighted by atomic mass is 9.92. The van der Waals surface area contributed by atoms with Gasteiger partial charge in [0.2, 0.25) is 0 Å². The highest BCUT2D eigenvalue weighted by Crippen LogP contribution is 2.16. The van der Waals surface area contributed by atoms with E-state index in [0.29, 0.717) is 6.42 Å². The predicted molar refractivity (Wildman–Crippen MR) is 64.4 cm³/mol. The average molecular weight is 245 g/mol. The summed E-state index contributed by atoms with van der Waals surface area (Å²) in [5.41, 5.74) is 3.92. The zero-order valence-corrected chi connectivity index (χ0v) is 11.5. The van der Waals surface area contributed by atoms with Crippen LogP contribution in [0.4, 0.5) is 4.79 Å². The Kier molecular flexibility index (Phi) is 5.13. The van der Waals surface area contributed by atoms with Crippen LogP contribution in [-0.4, -0.2) is 23.3 Å². The van der Waals surface area contributed by atoms with E-state index in [1.54, 1.807) is 27.7 Å². The Labute approximate surface area is 103 Å². The molecule has 0 bridgehead atoms. The van der Waals surface area contributed by atoms with Crippen LogP contribution in [0.15, 0.2) is 0 Å². The van der Waals surface area contributed by atoms with Crippen molar-refractivity contribution in [3.05, 3.63) is 0 Å². The number of hydrogen-bond acceptors (Lipinski definition) is 5. The number of rotatable bonds is 3. The number of ether oxygens (including phenoxy) is 2. The summed E-state index contributed by atoms with van der Waals surface area (Å²) in [5.74, 6) is -0.531. The van der Waals surface area contributed by atoms with Crippen LogP contribution in [0.2, 0.25) is 0 Å². The van der Waals surface area contributed by atoms with Gasteiger partial charge in [-0.15, -0.1) is 0 Å². The maximum atomic E-state index is 11.6. The Morgan fingerprint density at radius 1 is 1.18 bits per heavy atom. The fraction of sp³-hybridized carbons (Fsp3) is 0.833. The first kappa shape index (κ1) is 15.9. The lowest BCUT2D eigenvalue weighted by molar-refractivity contribution is -0.147. The fourth-order valence-electron chi connectivity index (χ4n) is 1.39. The maximum absolute atomic E-state index is 11.6. The van der Waals surface area contributed by atoms with Crippen molar-refractivity contribution < 1.29 is 19.1 Å². The van der Waals surface area contributed by atoms with E-state index in [1.165, 1.54) is 0 Å².